The van der Waals surface area contributed by atoms with E-state index in [0.29, 0.717) is 17.6 Å². The van der Waals surface area contributed by atoms with E-state index < -0.39 is 0 Å². The van der Waals surface area contributed by atoms with E-state index in [1.807, 2.05) is 10.6 Å². The average molecular weight is 220 g/mol. The van der Waals surface area contributed by atoms with Gasteiger partial charge in [0.15, 0.2) is 0 Å². The molecule has 0 spiro atoms. The van der Waals surface area contributed by atoms with Crippen LogP contribution in [0.25, 0.3) is 0 Å². The van der Waals surface area contributed by atoms with E-state index in [2.05, 4.69) is 5.32 Å². The summed E-state index contributed by atoms with van der Waals surface area (Å²) in [5.41, 5.74) is 1.21. The molecule has 1 fully saturated rings. The fourth-order valence-corrected chi connectivity index (χ4v) is 2.90. The average Bonchev–Trinajstić information content (AvgIpc) is 2.31. The zero-order chi connectivity index (χ0) is 11.1. The highest BCUT2D eigenvalue weighted by atomic mass is 16.5. The van der Waals surface area contributed by atoms with Crippen molar-refractivity contribution >= 4 is 0 Å². The summed E-state index contributed by atoms with van der Waals surface area (Å²) in [5, 5.41) is 3.43. The van der Waals surface area contributed by atoms with Crippen molar-refractivity contribution in [2.75, 3.05) is 20.2 Å². The zero-order valence-electron chi connectivity index (χ0n) is 9.40. The van der Waals surface area contributed by atoms with Gasteiger partial charge in [-0.2, -0.15) is 0 Å². The lowest BCUT2D eigenvalue weighted by molar-refractivity contribution is 0.255. The third-order valence-corrected chi connectivity index (χ3v) is 3.67. The molecule has 4 heteroatoms. The maximum absolute atomic E-state index is 11.9. The number of piperidine rings is 1. The van der Waals surface area contributed by atoms with Gasteiger partial charge in [0.2, 0.25) is 0 Å². The minimum Gasteiger partial charge on any atom is -0.496 e. The first-order valence-corrected chi connectivity index (χ1v) is 5.77. The molecule has 1 N–H and O–H groups in total. The second-order valence-electron chi connectivity index (χ2n) is 4.73. The lowest BCUT2D eigenvalue weighted by Gasteiger charge is -2.37. The van der Waals surface area contributed by atoms with Crippen LogP contribution < -0.4 is 15.6 Å². The summed E-state index contributed by atoms with van der Waals surface area (Å²) in [6, 6.07) is 3.59. The smallest absolute Gasteiger partial charge is 0.254 e. The Bertz CT molecular complexity index is 467. The van der Waals surface area contributed by atoms with Crippen LogP contribution in [0, 0.1) is 5.92 Å². The van der Waals surface area contributed by atoms with Gasteiger partial charge in [0.1, 0.15) is 5.75 Å². The molecule has 1 saturated heterocycles. The van der Waals surface area contributed by atoms with Gasteiger partial charge in [-0.15, -0.1) is 0 Å². The third kappa shape index (κ3) is 1.45. The van der Waals surface area contributed by atoms with Gasteiger partial charge in [0, 0.05) is 36.8 Å². The van der Waals surface area contributed by atoms with Gasteiger partial charge in [0.25, 0.3) is 5.56 Å². The molecule has 2 bridgehead atoms. The molecule has 2 aliphatic heterocycles. The van der Waals surface area contributed by atoms with Crippen molar-refractivity contribution in [2.45, 2.75) is 18.9 Å². The van der Waals surface area contributed by atoms with E-state index in [1.165, 1.54) is 6.42 Å². The molecule has 0 aromatic carbocycles. The summed E-state index contributed by atoms with van der Waals surface area (Å²) < 4.78 is 7.08. The number of rotatable bonds is 1. The van der Waals surface area contributed by atoms with E-state index in [-0.39, 0.29) is 5.56 Å². The first kappa shape index (κ1) is 9.90. The maximum Gasteiger partial charge on any atom is 0.254 e. The van der Waals surface area contributed by atoms with E-state index in [1.54, 1.807) is 13.2 Å². The van der Waals surface area contributed by atoms with Crippen molar-refractivity contribution < 1.29 is 4.74 Å². The standard InChI is InChI=1S/C12H16N2O2/c1-16-10-3-11-9-2-8(5-13-6-9)7-14(11)12(15)4-10/h3-4,8-9,13H,2,5-7H2,1H3/t8-,9+/m0/s1. The van der Waals surface area contributed by atoms with Crippen LogP contribution in [0.15, 0.2) is 16.9 Å². The minimum absolute atomic E-state index is 0.0750. The lowest BCUT2D eigenvalue weighted by Crippen LogP contribution is -2.44. The number of fused-ring (bicyclic) bond motifs is 4. The fraction of sp³-hybridized carbons (Fsp3) is 0.583. The lowest BCUT2D eigenvalue weighted by atomic mass is 9.84. The number of hydrogen-bond donors (Lipinski definition) is 1. The molecular formula is C12H16N2O2. The Morgan fingerprint density at radius 3 is 3.12 bits per heavy atom. The first-order valence-electron chi connectivity index (χ1n) is 5.77. The molecule has 0 radical (unpaired) electrons. The number of methoxy groups -OCH3 is 1. The number of pyridine rings is 1. The molecule has 86 valence electrons. The summed E-state index contributed by atoms with van der Waals surface area (Å²) in [4.78, 5) is 11.9. The Morgan fingerprint density at radius 2 is 2.31 bits per heavy atom. The molecule has 2 aliphatic rings. The monoisotopic (exact) mass is 220 g/mol. The second kappa shape index (κ2) is 3.63. The molecule has 0 saturated carbocycles. The number of nitrogens with one attached hydrogen (secondary N) is 1. The Kier molecular flexibility index (Phi) is 2.24. The highest BCUT2D eigenvalue weighted by molar-refractivity contribution is 5.28. The van der Waals surface area contributed by atoms with E-state index >= 15 is 0 Å². The van der Waals surface area contributed by atoms with Crippen molar-refractivity contribution in [3.8, 4) is 5.75 Å². The molecule has 0 amide bonds. The Labute approximate surface area is 94.2 Å². The van der Waals surface area contributed by atoms with Gasteiger partial charge >= 0.3 is 0 Å². The number of aromatic nitrogens is 1. The highest BCUT2D eigenvalue weighted by Crippen LogP contribution is 2.32. The van der Waals surface area contributed by atoms with E-state index in [0.717, 1.165) is 25.3 Å². The fourth-order valence-electron chi connectivity index (χ4n) is 2.90. The van der Waals surface area contributed by atoms with Crippen LogP contribution in [0.1, 0.15) is 18.0 Å². The topological polar surface area (TPSA) is 43.3 Å². The number of nitrogens with zero attached hydrogens (tertiary/aromatic N) is 1. The maximum atomic E-state index is 11.9. The largest absolute Gasteiger partial charge is 0.496 e. The van der Waals surface area contributed by atoms with Crippen LogP contribution in [0.4, 0.5) is 0 Å². The highest BCUT2D eigenvalue weighted by Gasteiger charge is 2.31. The summed E-state index contributed by atoms with van der Waals surface area (Å²) in [6.45, 7) is 2.86. The normalized spacial score (nSPS) is 27.3. The molecule has 2 atom stereocenters. The van der Waals surface area contributed by atoms with Crippen LogP contribution in [0.2, 0.25) is 0 Å². The van der Waals surface area contributed by atoms with Gasteiger partial charge in [-0.05, 0) is 18.9 Å². The van der Waals surface area contributed by atoms with E-state index in [4.69, 9.17) is 4.74 Å². The van der Waals surface area contributed by atoms with Crippen molar-refractivity contribution in [3.05, 3.63) is 28.2 Å². The minimum atomic E-state index is 0.0750. The first-order chi connectivity index (χ1) is 7.78. The van der Waals surface area contributed by atoms with Crippen molar-refractivity contribution in [1.29, 1.82) is 0 Å². The molecule has 3 rings (SSSR count). The Morgan fingerprint density at radius 1 is 1.44 bits per heavy atom. The SMILES string of the molecule is COc1cc2n(c(=O)c1)C[C@@H]1CNC[C@H]2C1. The van der Waals surface area contributed by atoms with Crippen LogP contribution in [0.5, 0.6) is 5.75 Å². The Balaban J connectivity index is 2.13. The van der Waals surface area contributed by atoms with Crippen LogP contribution in [0.3, 0.4) is 0 Å². The predicted molar refractivity (Wildman–Crippen MR) is 61.0 cm³/mol. The van der Waals surface area contributed by atoms with Crippen molar-refractivity contribution in [1.82, 2.24) is 9.88 Å². The molecule has 0 unspecified atom stereocenters. The van der Waals surface area contributed by atoms with Gasteiger partial charge < -0.3 is 14.6 Å². The Hall–Kier alpha value is -1.29. The van der Waals surface area contributed by atoms with Gasteiger partial charge in [-0.25, -0.2) is 0 Å². The molecule has 1 aromatic heterocycles. The van der Waals surface area contributed by atoms with Gasteiger partial charge in [0.05, 0.1) is 7.11 Å². The van der Waals surface area contributed by atoms with Crippen molar-refractivity contribution in [3.63, 3.8) is 0 Å². The molecule has 16 heavy (non-hydrogen) atoms. The summed E-state index contributed by atoms with van der Waals surface area (Å²) in [5.74, 6) is 1.76. The van der Waals surface area contributed by atoms with E-state index in [9.17, 15) is 4.79 Å². The molecule has 3 heterocycles. The molecular weight excluding hydrogens is 204 g/mol. The molecule has 4 nitrogen and oxygen atoms in total. The number of hydrogen-bond acceptors (Lipinski definition) is 3. The quantitative estimate of drug-likeness (QED) is 0.752. The summed E-state index contributed by atoms with van der Waals surface area (Å²) in [6.07, 6.45) is 1.19. The second-order valence-corrected chi connectivity index (χ2v) is 4.73. The number of ether oxygens (including phenoxy) is 1. The van der Waals surface area contributed by atoms with Crippen molar-refractivity contribution in [2.24, 2.45) is 5.92 Å². The van der Waals surface area contributed by atoms with Crippen LogP contribution in [-0.4, -0.2) is 24.8 Å². The van der Waals surface area contributed by atoms with Gasteiger partial charge in [-0.1, -0.05) is 0 Å². The van der Waals surface area contributed by atoms with Crippen LogP contribution in [-0.2, 0) is 6.54 Å². The third-order valence-electron chi connectivity index (χ3n) is 3.67. The summed E-state index contributed by atoms with van der Waals surface area (Å²) >= 11 is 0. The summed E-state index contributed by atoms with van der Waals surface area (Å²) in [7, 11) is 1.61. The zero-order valence-corrected chi connectivity index (χ0v) is 9.40. The predicted octanol–water partition coefficient (Wildman–Crippen LogP) is 0.564. The molecule has 0 aliphatic carbocycles. The van der Waals surface area contributed by atoms with Gasteiger partial charge in [-0.3, -0.25) is 4.79 Å². The molecule has 1 aromatic rings. The van der Waals surface area contributed by atoms with Crippen LogP contribution >= 0.6 is 0 Å².